The second kappa shape index (κ2) is 6.78. The van der Waals surface area contributed by atoms with Crippen molar-refractivity contribution in [1.82, 2.24) is 0 Å². The summed E-state index contributed by atoms with van der Waals surface area (Å²) in [7, 11) is 0. The van der Waals surface area contributed by atoms with E-state index in [9.17, 15) is 0 Å². The molecule has 1 aromatic rings. The summed E-state index contributed by atoms with van der Waals surface area (Å²) < 4.78 is 7.17. The number of rotatable bonds is 5. The first-order chi connectivity index (χ1) is 9.41. The van der Waals surface area contributed by atoms with Crippen molar-refractivity contribution in [1.29, 1.82) is 0 Å². The van der Waals surface area contributed by atoms with E-state index in [1.165, 1.54) is 12.8 Å². The summed E-state index contributed by atoms with van der Waals surface area (Å²) in [5.74, 6) is 0. The lowest BCUT2D eigenvalue weighted by Gasteiger charge is -2.36. The van der Waals surface area contributed by atoms with Gasteiger partial charge >= 0.3 is 0 Å². The summed E-state index contributed by atoms with van der Waals surface area (Å²) in [6.45, 7) is 6.80. The minimum Gasteiger partial charge on any atom is -0.368 e. The maximum absolute atomic E-state index is 6.36. The summed E-state index contributed by atoms with van der Waals surface area (Å²) in [4.78, 5) is 1.16. The molecule has 0 radical (unpaired) electrons. The maximum Gasteiger partial charge on any atom is 0.107 e. The van der Waals surface area contributed by atoms with Crippen LogP contribution in [0, 0.1) is 5.41 Å². The van der Waals surface area contributed by atoms with Crippen LogP contribution < -0.4 is 5.73 Å². The molecule has 2 unspecified atom stereocenters. The normalized spacial score (nSPS) is 22.6. The van der Waals surface area contributed by atoms with Crippen LogP contribution in [0.1, 0.15) is 63.9 Å². The Hall–Kier alpha value is -0.0900. The second-order valence-electron chi connectivity index (χ2n) is 6.63. The molecule has 2 nitrogen and oxygen atoms in total. The summed E-state index contributed by atoms with van der Waals surface area (Å²) in [6.07, 6.45) is 5.99. The maximum atomic E-state index is 6.36. The molecule has 2 atom stereocenters. The highest BCUT2D eigenvalue weighted by atomic mass is 35.5. The molecule has 0 aliphatic heterocycles. The largest absolute Gasteiger partial charge is 0.368 e. The van der Waals surface area contributed by atoms with Gasteiger partial charge in [0.15, 0.2) is 0 Å². The highest BCUT2D eigenvalue weighted by molar-refractivity contribution is 7.16. The van der Waals surface area contributed by atoms with Gasteiger partial charge in [0.1, 0.15) is 6.10 Å². The van der Waals surface area contributed by atoms with Gasteiger partial charge in [0.05, 0.1) is 10.4 Å². The molecular weight excluding hydrogens is 290 g/mol. The van der Waals surface area contributed by atoms with Crippen LogP contribution in [0.3, 0.4) is 0 Å². The van der Waals surface area contributed by atoms with Crippen LogP contribution in [0.2, 0.25) is 4.34 Å². The first kappa shape index (κ1) is 16.3. The summed E-state index contributed by atoms with van der Waals surface area (Å²) in [6, 6.07) is 4.03. The number of nitrogens with two attached hydrogens (primary N) is 1. The van der Waals surface area contributed by atoms with Gasteiger partial charge in [-0.25, -0.2) is 0 Å². The van der Waals surface area contributed by atoms with E-state index in [0.29, 0.717) is 11.5 Å². The highest BCUT2D eigenvalue weighted by Crippen LogP contribution is 2.39. The zero-order valence-corrected chi connectivity index (χ0v) is 14.3. The molecule has 2 rings (SSSR count). The monoisotopic (exact) mass is 315 g/mol. The molecule has 1 aliphatic carbocycles. The predicted octanol–water partition coefficient (Wildman–Crippen LogP) is 5.17. The molecule has 0 saturated heterocycles. The first-order valence-electron chi connectivity index (χ1n) is 7.57. The fourth-order valence-corrected chi connectivity index (χ4v) is 3.96. The first-order valence-corrected chi connectivity index (χ1v) is 8.77. The minimum atomic E-state index is -0.0105. The molecule has 4 heteroatoms. The Morgan fingerprint density at radius 1 is 1.40 bits per heavy atom. The molecule has 0 amide bonds. The van der Waals surface area contributed by atoms with E-state index < -0.39 is 0 Å². The predicted molar refractivity (Wildman–Crippen MR) is 87.5 cm³/mol. The molecule has 0 spiro atoms. The summed E-state index contributed by atoms with van der Waals surface area (Å²) in [5, 5.41) is 0. The van der Waals surface area contributed by atoms with Crippen LogP contribution in [-0.4, -0.2) is 12.1 Å². The van der Waals surface area contributed by atoms with Crippen molar-refractivity contribution in [2.45, 2.75) is 71.1 Å². The molecule has 1 aliphatic rings. The van der Waals surface area contributed by atoms with Crippen molar-refractivity contribution in [2.75, 3.05) is 0 Å². The third-order valence-corrected chi connectivity index (χ3v) is 5.65. The Kier molecular flexibility index (Phi) is 5.52. The quantitative estimate of drug-likeness (QED) is 0.814. The Morgan fingerprint density at radius 2 is 2.05 bits per heavy atom. The zero-order chi connectivity index (χ0) is 14.8. The fraction of sp³-hybridized carbons (Fsp3) is 0.750. The van der Waals surface area contributed by atoms with Gasteiger partial charge in [-0.05, 0) is 49.7 Å². The third-order valence-electron chi connectivity index (χ3n) is 4.36. The third kappa shape index (κ3) is 4.20. The van der Waals surface area contributed by atoms with Crippen LogP contribution in [0.15, 0.2) is 12.1 Å². The minimum absolute atomic E-state index is 0.0105. The summed E-state index contributed by atoms with van der Waals surface area (Å²) in [5.41, 5.74) is 6.73. The molecule has 0 bridgehead atoms. The van der Waals surface area contributed by atoms with Gasteiger partial charge in [-0.15, -0.1) is 11.3 Å². The van der Waals surface area contributed by atoms with E-state index in [0.717, 1.165) is 28.5 Å². The Balaban J connectivity index is 2.02. The topological polar surface area (TPSA) is 35.2 Å². The van der Waals surface area contributed by atoms with Crippen LogP contribution >= 0.6 is 22.9 Å². The Morgan fingerprint density at radius 3 is 2.55 bits per heavy atom. The molecule has 2 N–H and O–H groups in total. The van der Waals surface area contributed by atoms with Crippen molar-refractivity contribution in [3.05, 3.63) is 21.3 Å². The Bertz CT molecular complexity index is 422. The van der Waals surface area contributed by atoms with Crippen molar-refractivity contribution in [3.8, 4) is 0 Å². The molecular formula is C16H26ClNOS. The van der Waals surface area contributed by atoms with Gasteiger partial charge < -0.3 is 10.5 Å². The van der Waals surface area contributed by atoms with E-state index in [1.807, 2.05) is 6.07 Å². The smallest absolute Gasteiger partial charge is 0.107 e. The number of halogens is 1. The lowest BCUT2D eigenvalue weighted by molar-refractivity contribution is -0.0559. The van der Waals surface area contributed by atoms with Crippen molar-refractivity contribution < 1.29 is 4.74 Å². The number of hydrogen-bond acceptors (Lipinski definition) is 3. The summed E-state index contributed by atoms with van der Waals surface area (Å²) >= 11 is 7.64. The average Bonchev–Trinajstić information content (AvgIpc) is 2.83. The van der Waals surface area contributed by atoms with Crippen LogP contribution in [0.25, 0.3) is 0 Å². The van der Waals surface area contributed by atoms with Crippen molar-refractivity contribution >= 4 is 22.9 Å². The van der Waals surface area contributed by atoms with Crippen LogP contribution in [0.4, 0.5) is 0 Å². The zero-order valence-electron chi connectivity index (χ0n) is 12.7. The molecule has 1 aromatic heterocycles. The van der Waals surface area contributed by atoms with E-state index in [-0.39, 0.29) is 12.1 Å². The van der Waals surface area contributed by atoms with Gasteiger partial charge in [0.2, 0.25) is 0 Å². The van der Waals surface area contributed by atoms with Gasteiger partial charge in [-0.2, -0.15) is 0 Å². The molecule has 114 valence electrons. The molecule has 1 heterocycles. The van der Waals surface area contributed by atoms with Gasteiger partial charge in [-0.1, -0.05) is 32.4 Å². The van der Waals surface area contributed by atoms with Gasteiger partial charge in [0, 0.05) is 10.9 Å². The van der Waals surface area contributed by atoms with Gasteiger partial charge in [-0.3, -0.25) is 0 Å². The lowest BCUT2D eigenvalue weighted by Crippen LogP contribution is -2.34. The number of thiophene rings is 1. The van der Waals surface area contributed by atoms with E-state index in [4.69, 9.17) is 22.1 Å². The SMILES string of the molecule is CCC(N)C(OC1CCC(C)(C)CC1)c1ccc(Cl)s1. The van der Waals surface area contributed by atoms with E-state index >= 15 is 0 Å². The number of ether oxygens (including phenoxy) is 1. The highest BCUT2D eigenvalue weighted by Gasteiger charge is 2.31. The van der Waals surface area contributed by atoms with Crippen molar-refractivity contribution in [3.63, 3.8) is 0 Å². The lowest BCUT2D eigenvalue weighted by atomic mass is 9.76. The Labute approximate surface area is 131 Å². The molecule has 0 aromatic carbocycles. The van der Waals surface area contributed by atoms with Gasteiger partial charge in [0.25, 0.3) is 0 Å². The van der Waals surface area contributed by atoms with E-state index in [1.54, 1.807) is 11.3 Å². The standard InChI is InChI=1S/C16H26ClNOS/c1-4-12(18)15(13-5-6-14(17)20-13)19-11-7-9-16(2,3)10-8-11/h5-6,11-12,15H,4,7-10,18H2,1-3H3. The van der Waals surface area contributed by atoms with Crippen LogP contribution in [0.5, 0.6) is 0 Å². The number of hydrogen-bond donors (Lipinski definition) is 1. The molecule has 1 saturated carbocycles. The second-order valence-corrected chi connectivity index (χ2v) is 8.38. The molecule has 20 heavy (non-hydrogen) atoms. The van der Waals surface area contributed by atoms with E-state index in [2.05, 4.69) is 26.8 Å². The average molecular weight is 316 g/mol. The van der Waals surface area contributed by atoms with Crippen molar-refractivity contribution in [2.24, 2.45) is 11.1 Å². The molecule has 1 fully saturated rings. The fourth-order valence-electron chi connectivity index (χ4n) is 2.79. The van der Waals surface area contributed by atoms with Crippen LogP contribution in [-0.2, 0) is 4.74 Å².